The Morgan fingerprint density at radius 3 is 2.69 bits per heavy atom. The number of carbonyl (C=O) groups is 1. The molecule has 4 heteroatoms. The van der Waals surface area contributed by atoms with Crippen LogP contribution in [0.4, 0.5) is 0 Å². The summed E-state index contributed by atoms with van der Waals surface area (Å²) in [5.74, 6) is -0.324. The van der Waals surface area contributed by atoms with Gasteiger partial charge in [-0.2, -0.15) is 4.84 Å². The van der Waals surface area contributed by atoms with Crippen molar-refractivity contribution in [3.8, 4) is 0 Å². The Labute approximate surface area is 85.4 Å². The summed E-state index contributed by atoms with van der Waals surface area (Å²) in [4.78, 5) is 15.6. The maximum Gasteiger partial charge on any atom is 0.377 e. The van der Waals surface area contributed by atoms with Gasteiger partial charge in [-0.15, -0.1) is 0 Å². The van der Waals surface area contributed by atoms with Gasteiger partial charge in [0.1, 0.15) is 0 Å². The van der Waals surface area contributed by atoms with E-state index in [2.05, 4.69) is 15.9 Å². The highest BCUT2D eigenvalue weighted by atomic mass is 79.9. The lowest BCUT2D eigenvalue weighted by Crippen LogP contribution is -2.47. The quantitative estimate of drug-likeness (QED) is 0.698. The van der Waals surface area contributed by atoms with Crippen LogP contribution in [0.25, 0.3) is 0 Å². The standard InChI is InChI=1S/C9H11BrNO2/c1-6-7(2)11(13-8(3)12)5-4-9(6)10/h4-5H,1-3H3/q+1. The van der Waals surface area contributed by atoms with Crippen LogP contribution in [0.2, 0.25) is 0 Å². The van der Waals surface area contributed by atoms with Crippen molar-refractivity contribution in [1.82, 2.24) is 0 Å². The molecular weight excluding hydrogens is 234 g/mol. The van der Waals surface area contributed by atoms with E-state index < -0.39 is 0 Å². The summed E-state index contributed by atoms with van der Waals surface area (Å²) in [5, 5.41) is 0. The maximum atomic E-state index is 10.7. The minimum absolute atomic E-state index is 0.324. The van der Waals surface area contributed by atoms with E-state index in [-0.39, 0.29) is 5.97 Å². The van der Waals surface area contributed by atoms with E-state index in [0.29, 0.717) is 0 Å². The van der Waals surface area contributed by atoms with Crippen molar-refractivity contribution >= 4 is 21.9 Å². The van der Waals surface area contributed by atoms with Gasteiger partial charge in [0.2, 0.25) is 11.9 Å². The Kier molecular flexibility index (Phi) is 3.03. The fourth-order valence-corrected chi connectivity index (χ4v) is 1.35. The van der Waals surface area contributed by atoms with Gasteiger partial charge in [-0.25, -0.2) is 4.79 Å². The van der Waals surface area contributed by atoms with E-state index in [1.165, 1.54) is 11.7 Å². The monoisotopic (exact) mass is 244 g/mol. The highest BCUT2D eigenvalue weighted by Crippen LogP contribution is 2.14. The smallest absolute Gasteiger partial charge is 0.245 e. The molecule has 13 heavy (non-hydrogen) atoms. The number of nitrogens with zero attached hydrogens (tertiary/aromatic N) is 1. The van der Waals surface area contributed by atoms with Crippen LogP contribution in [0.5, 0.6) is 0 Å². The van der Waals surface area contributed by atoms with Crippen molar-refractivity contribution in [2.75, 3.05) is 0 Å². The lowest BCUT2D eigenvalue weighted by molar-refractivity contribution is -0.873. The summed E-state index contributed by atoms with van der Waals surface area (Å²) in [6.45, 7) is 5.23. The molecule has 0 aliphatic rings. The van der Waals surface area contributed by atoms with Crippen LogP contribution >= 0.6 is 15.9 Å². The number of carbonyl (C=O) groups excluding carboxylic acids is 1. The van der Waals surface area contributed by atoms with E-state index in [9.17, 15) is 4.79 Å². The number of hydrogen-bond donors (Lipinski definition) is 0. The minimum Gasteiger partial charge on any atom is -0.245 e. The Hall–Kier alpha value is -0.900. The molecule has 0 bridgehead atoms. The molecule has 0 aliphatic heterocycles. The minimum atomic E-state index is -0.324. The Balaban J connectivity index is 3.10. The Bertz CT molecular complexity index is 350. The molecule has 0 atom stereocenters. The third-order valence-corrected chi connectivity index (χ3v) is 2.67. The van der Waals surface area contributed by atoms with E-state index in [1.54, 1.807) is 6.20 Å². The van der Waals surface area contributed by atoms with Crippen molar-refractivity contribution < 1.29 is 14.4 Å². The van der Waals surface area contributed by atoms with Crippen LogP contribution in [0.1, 0.15) is 18.2 Å². The largest absolute Gasteiger partial charge is 0.377 e. The zero-order chi connectivity index (χ0) is 10.0. The first-order valence-electron chi connectivity index (χ1n) is 3.88. The molecule has 0 aliphatic carbocycles. The van der Waals surface area contributed by atoms with Crippen LogP contribution in [-0.4, -0.2) is 5.97 Å². The summed E-state index contributed by atoms with van der Waals surface area (Å²) >= 11 is 3.39. The first-order chi connectivity index (χ1) is 6.02. The fraction of sp³-hybridized carbons (Fsp3) is 0.333. The second-order valence-corrected chi connectivity index (χ2v) is 3.64. The molecule has 0 aromatic carbocycles. The summed E-state index contributed by atoms with van der Waals surface area (Å²) in [6.07, 6.45) is 1.70. The second kappa shape index (κ2) is 3.87. The van der Waals surface area contributed by atoms with Gasteiger partial charge >= 0.3 is 5.97 Å². The average molecular weight is 245 g/mol. The van der Waals surface area contributed by atoms with Gasteiger partial charge in [-0.1, -0.05) is 15.9 Å². The number of hydrogen-bond acceptors (Lipinski definition) is 2. The first-order valence-corrected chi connectivity index (χ1v) is 4.68. The van der Waals surface area contributed by atoms with Crippen molar-refractivity contribution in [3.63, 3.8) is 0 Å². The summed E-state index contributed by atoms with van der Waals surface area (Å²) in [5.41, 5.74) is 1.97. The molecule has 0 N–H and O–H groups in total. The molecule has 0 radical (unpaired) electrons. The second-order valence-electron chi connectivity index (χ2n) is 2.78. The van der Waals surface area contributed by atoms with Gasteiger partial charge in [-0.05, 0) is 6.92 Å². The van der Waals surface area contributed by atoms with Gasteiger partial charge in [0, 0.05) is 34.7 Å². The zero-order valence-corrected chi connectivity index (χ0v) is 9.38. The SMILES string of the molecule is CC(=O)O[n+]1ccc(Br)c(C)c1C. The van der Waals surface area contributed by atoms with Crippen LogP contribution in [0, 0.1) is 13.8 Å². The Morgan fingerprint density at radius 2 is 2.15 bits per heavy atom. The molecule has 1 rings (SSSR count). The third kappa shape index (κ3) is 2.28. The lowest BCUT2D eigenvalue weighted by Gasteiger charge is -2.00. The zero-order valence-electron chi connectivity index (χ0n) is 7.80. The third-order valence-electron chi connectivity index (χ3n) is 1.81. The lowest BCUT2D eigenvalue weighted by atomic mass is 10.2. The van der Waals surface area contributed by atoms with E-state index in [0.717, 1.165) is 15.7 Å². The first kappa shape index (κ1) is 10.2. The van der Waals surface area contributed by atoms with Crippen LogP contribution in [0.15, 0.2) is 16.7 Å². The molecule has 1 heterocycles. The van der Waals surface area contributed by atoms with E-state index in [1.807, 2.05) is 19.9 Å². The summed E-state index contributed by atoms with van der Waals surface area (Å²) < 4.78 is 2.47. The average Bonchev–Trinajstić information content (AvgIpc) is 2.06. The summed E-state index contributed by atoms with van der Waals surface area (Å²) in [7, 11) is 0. The van der Waals surface area contributed by atoms with Crippen LogP contribution < -0.4 is 9.57 Å². The molecule has 3 nitrogen and oxygen atoms in total. The van der Waals surface area contributed by atoms with Gasteiger partial charge < -0.3 is 0 Å². The van der Waals surface area contributed by atoms with Gasteiger partial charge in [0.15, 0.2) is 0 Å². The fourth-order valence-electron chi connectivity index (χ4n) is 0.945. The van der Waals surface area contributed by atoms with Gasteiger partial charge in [0.25, 0.3) is 0 Å². The summed E-state index contributed by atoms with van der Waals surface area (Å²) in [6, 6.07) is 1.84. The number of rotatable bonds is 1. The molecule has 0 unspecified atom stereocenters. The normalized spacial score (nSPS) is 9.85. The van der Waals surface area contributed by atoms with Crippen LogP contribution in [0.3, 0.4) is 0 Å². The molecule has 70 valence electrons. The maximum absolute atomic E-state index is 10.7. The Morgan fingerprint density at radius 1 is 1.54 bits per heavy atom. The molecule has 1 aromatic rings. The molecule has 0 fully saturated rings. The number of aromatic nitrogens is 1. The van der Waals surface area contributed by atoms with E-state index >= 15 is 0 Å². The topological polar surface area (TPSA) is 30.2 Å². The highest BCUT2D eigenvalue weighted by molar-refractivity contribution is 9.10. The molecule has 0 spiro atoms. The number of halogens is 1. The van der Waals surface area contributed by atoms with Crippen molar-refractivity contribution in [1.29, 1.82) is 0 Å². The molecule has 0 saturated heterocycles. The van der Waals surface area contributed by atoms with Gasteiger partial charge in [0.05, 0.1) is 0 Å². The van der Waals surface area contributed by atoms with Crippen molar-refractivity contribution in [3.05, 3.63) is 28.0 Å². The van der Waals surface area contributed by atoms with E-state index in [4.69, 9.17) is 4.84 Å². The van der Waals surface area contributed by atoms with Crippen molar-refractivity contribution in [2.45, 2.75) is 20.8 Å². The van der Waals surface area contributed by atoms with Gasteiger partial charge in [-0.3, -0.25) is 0 Å². The number of pyridine rings is 1. The predicted molar refractivity (Wildman–Crippen MR) is 51.1 cm³/mol. The highest BCUT2D eigenvalue weighted by Gasteiger charge is 2.15. The molecule has 1 aromatic heterocycles. The predicted octanol–water partition coefficient (Wildman–Crippen LogP) is 1.33. The molecule has 0 saturated carbocycles. The molecular formula is C9H11BrNO2+. The van der Waals surface area contributed by atoms with Crippen LogP contribution in [-0.2, 0) is 4.79 Å². The molecule has 0 amide bonds. The van der Waals surface area contributed by atoms with Crippen molar-refractivity contribution in [2.24, 2.45) is 0 Å².